The normalized spacial score (nSPS) is 14.4. The average molecular weight is 501 g/mol. The van der Waals surface area contributed by atoms with Crippen molar-refractivity contribution in [1.29, 1.82) is 0 Å². The van der Waals surface area contributed by atoms with Crippen LogP contribution in [0.3, 0.4) is 0 Å². The quantitative estimate of drug-likeness (QED) is 0.336. The fourth-order valence-electron chi connectivity index (χ4n) is 4.31. The molecule has 182 valence electrons. The molecule has 36 heavy (non-hydrogen) atoms. The van der Waals surface area contributed by atoms with Crippen LogP contribution in [0.2, 0.25) is 5.02 Å². The van der Waals surface area contributed by atoms with Crippen LogP contribution in [0.1, 0.15) is 16.1 Å². The Morgan fingerprint density at radius 3 is 2.33 bits per heavy atom. The maximum Gasteiger partial charge on any atom is 0.272 e. The average Bonchev–Trinajstić information content (AvgIpc) is 3.35. The van der Waals surface area contributed by atoms with Crippen molar-refractivity contribution in [3.8, 4) is 16.9 Å². The van der Waals surface area contributed by atoms with Crippen molar-refractivity contribution >= 4 is 23.6 Å². The molecule has 1 fully saturated rings. The molecular weight excluding hydrogens is 475 g/mol. The third-order valence-electron chi connectivity index (χ3n) is 6.28. The molecule has 0 aliphatic carbocycles. The minimum Gasteiger partial charge on any atom is -0.335 e. The summed E-state index contributed by atoms with van der Waals surface area (Å²) in [6.07, 6.45) is 4.27. The SMILES string of the molecule is O=C(c1cc(-c2ccccc2F)nn1-c1ccc(Cl)cc1)N1CCN(C/C=C/c2ccccc2)CC1. The summed E-state index contributed by atoms with van der Waals surface area (Å²) in [6, 6.07) is 25.4. The Morgan fingerprint density at radius 1 is 0.917 bits per heavy atom. The number of benzene rings is 3. The topological polar surface area (TPSA) is 41.4 Å². The second-order valence-electron chi connectivity index (χ2n) is 8.69. The Labute approximate surface area is 215 Å². The van der Waals surface area contributed by atoms with Crippen molar-refractivity contribution in [3.05, 3.63) is 113 Å². The van der Waals surface area contributed by atoms with Crippen LogP contribution >= 0.6 is 11.6 Å². The van der Waals surface area contributed by atoms with E-state index >= 15 is 0 Å². The third kappa shape index (κ3) is 5.40. The summed E-state index contributed by atoms with van der Waals surface area (Å²) in [5.41, 5.74) is 3.03. The van der Waals surface area contributed by atoms with Crippen molar-refractivity contribution < 1.29 is 9.18 Å². The van der Waals surface area contributed by atoms with Crippen LogP contribution in [0.4, 0.5) is 4.39 Å². The van der Waals surface area contributed by atoms with Gasteiger partial charge in [-0.05, 0) is 48.0 Å². The predicted octanol–water partition coefficient (Wildman–Crippen LogP) is 5.80. The molecule has 1 aliphatic heterocycles. The second kappa shape index (κ2) is 10.9. The van der Waals surface area contributed by atoms with Gasteiger partial charge in [0, 0.05) is 43.3 Å². The highest BCUT2D eigenvalue weighted by atomic mass is 35.5. The van der Waals surface area contributed by atoms with Crippen LogP contribution in [0, 0.1) is 5.82 Å². The van der Waals surface area contributed by atoms with E-state index in [-0.39, 0.29) is 11.7 Å². The molecule has 1 aromatic heterocycles. The Morgan fingerprint density at radius 2 is 1.61 bits per heavy atom. The van der Waals surface area contributed by atoms with Gasteiger partial charge in [-0.15, -0.1) is 0 Å². The van der Waals surface area contributed by atoms with Crippen LogP contribution < -0.4 is 0 Å². The molecule has 0 radical (unpaired) electrons. The van der Waals surface area contributed by atoms with E-state index in [9.17, 15) is 9.18 Å². The first kappa shape index (κ1) is 24.0. The molecule has 0 unspecified atom stereocenters. The van der Waals surface area contributed by atoms with Gasteiger partial charge >= 0.3 is 0 Å². The maximum absolute atomic E-state index is 14.5. The highest BCUT2D eigenvalue weighted by Gasteiger charge is 2.26. The number of amides is 1. The molecule has 3 aromatic carbocycles. The summed E-state index contributed by atoms with van der Waals surface area (Å²) in [5.74, 6) is -0.506. The van der Waals surface area contributed by atoms with Gasteiger partial charge in [0.05, 0.1) is 11.4 Å². The van der Waals surface area contributed by atoms with Crippen molar-refractivity contribution in [3.63, 3.8) is 0 Å². The zero-order valence-electron chi connectivity index (χ0n) is 19.7. The molecule has 4 aromatic rings. The van der Waals surface area contributed by atoms with E-state index in [4.69, 9.17) is 11.6 Å². The molecule has 2 heterocycles. The second-order valence-corrected chi connectivity index (χ2v) is 9.13. The molecule has 0 spiro atoms. The predicted molar refractivity (Wildman–Crippen MR) is 142 cm³/mol. The number of piperazine rings is 1. The first-order valence-corrected chi connectivity index (χ1v) is 12.3. The van der Waals surface area contributed by atoms with Gasteiger partial charge in [-0.2, -0.15) is 5.10 Å². The summed E-state index contributed by atoms with van der Waals surface area (Å²) in [4.78, 5) is 17.8. The van der Waals surface area contributed by atoms with E-state index in [0.29, 0.717) is 40.8 Å². The van der Waals surface area contributed by atoms with Gasteiger partial charge in [0.25, 0.3) is 5.91 Å². The lowest BCUT2D eigenvalue weighted by atomic mass is 10.1. The van der Waals surface area contributed by atoms with E-state index < -0.39 is 0 Å². The van der Waals surface area contributed by atoms with Gasteiger partial charge in [-0.1, -0.05) is 66.2 Å². The van der Waals surface area contributed by atoms with Crippen molar-refractivity contribution in [2.45, 2.75) is 0 Å². The lowest BCUT2D eigenvalue weighted by Crippen LogP contribution is -2.49. The standard InChI is InChI=1S/C29H26ClFN4O/c30-23-12-14-24(15-13-23)35-28(21-27(32-35)25-10-4-5-11-26(25)31)29(36)34-19-17-33(18-20-34)16-6-9-22-7-2-1-3-8-22/h1-15,21H,16-20H2/b9-6+. The molecule has 1 aliphatic rings. The Kier molecular flexibility index (Phi) is 7.26. The molecule has 5 nitrogen and oxygen atoms in total. The number of hydrogen-bond acceptors (Lipinski definition) is 3. The number of nitrogens with zero attached hydrogens (tertiary/aromatic N) is 4. The molecule has 1 saturated heterocycles. The minimum absolute atomic E-state index is 0.125. The zero-order chi connectivity index (χ0) is 24.9. The lowest BCUT2D eigenvalue weighted by molar-refractivity contribution is 0.0641. The Balaban J connectivity index is 1.33. The minimum atomic E-state index is -0.380. The van der Waals surface area contributed by atoms with Crippen molar-refractivity contribution in [1.82, 2.24) is 19.6 Å². The number of halogens is 2. The van der Waals surface area contributed by atoms with Gasteiger partial charge < -0.3 is 4.90 Å². The number of hydrogen-bond donors (Lipinski definition) is 0. The van der Waals surface area contributed by atoms with Gasteiger partial charge in [-0.3, -0.25) is 9.69 Å². The van der Waals surface area contributed by atoms with Gasteiger partial charge in [0.15, 0.2) is 0 Å². The highest BCUT2D eigenvalue weighted by molar-refractivity contribution is 6.30. The summed E-state index contributed by atoms with van der Waals surface area (Å²) in [7, 11) is 0. The number of carbonyl (C=O) groups excluding carboxylic acids is 1. The number of aromatic nitrogens is 2. The van der Waals surface area contributed by atoms with E-state index in [1.54, 1.807) is 53.2 Å². The number of carbonyl (C=O) groups is 1. The van der Waals surface area contributed by atoms with Gasteiger partial charge in [-0.25, -0.2) is 9.07 Å². The van der Waals surface area contributed by atoms with E-state index in [1.165, 1.54) is 11.6 Å². The van der Waals surface area contributed by atoms with Crippen LogP contribution in [-0.4, -0.2) is 58.2 Å². The molecule has 0 saturated carbocycles. The molecule has 5 rings (SSSR count). The van der Waals surface area contributed by atoms with Crippen molar-refractivity contribution in [2.24, 2.45) is 0 Å². The lowest BCUT2D eigenvalue weighted by Gasteiger charge is -2.34. The zero-order valence-corrected chi connectivity index (χ0v) is 20.5. The summed E-state index contributed by atoms with van der Waals surface area (Å²) >= 11 is 6.07. The molecule has 0 atom stereocenters. The Hall–Kier alpha value is -3.74. The molecule has 0 N–H and O–H groups in total. The van der Waals surface area contributed by atoms with Crippen LogP contribution in [0.5, 0.6) is 0 Å². The molecule has 1 amide bonds. The highest BCUT2D eigenvalue weighted by Crippen LogP contribution is 2.26. The van der Waals surface area contributed by atoms with Gasteiger partial charge in [0.1, 0.15) is 11.5 Å². The van der Waals surface area contributed by atoms with E-state index in [0.717, 1.165) is 19.6 Å². The van der Waals surface area contributed by atoms with Crippen molar-refractivity contribution in [2.75, 3.05) is 32.7 Å². The Bertz CT molecular complexity index is 1360. The van der Waals surface area contributed by atoms with Crippen LogP contribution in [-0.2, 0) is 0 Å². The number of rotatable bonds is 6. The first-order chi connectivity index (χ1) is 17.6. The summed E-state index contributed by atoms with van der Waals surface area (Å²) in [5, 5.41) is 5.20. The smallest absolute Gasteiger partial charge is 0.272 e. The largest absolute Gasteiger partial charge is 0.335 e. The fraction of sp³-hybridized carbons (Fsp3) is 0.172. The first-order valence-electron chi connectivity index (χ1n) is 11.9. The monoisotopic (exact) mass is 500 g/mol. The maximum atomic E-state index is 14.5. The van der Waals surface area contributed by atoms with Gasteiger partial charge in [0.2, 0.25) is 0 Å². The van der Waals surface area contributed by atoms with E-state index in [1.807, 2.05) is 23.1 Å². The van der Waals surface area contributed by atoms with Crippen LogP contribution in [0.15, 0.2) is 91.0 Å². The summed E-state index contributed by atoms with van der Waals surface area (Å²) in [6.45, 7) is 3.61. The molecular formula is C29H26ClFN4O. The summed E-state index contributed by atoms with van der Waals surface area (Å²) < 4.78 is 16.1. The molecule has 7 heteroatoms. The fourth-order valence-corrected chi connectivity index (χ4v) is 4.44. The van der Waals surface area contributed by atoms with Crippen LogP contribution in [0.25, 0.3) is 23.0 Å². The third-order valence-corrected chi connectivity index (χ3v) is 6.53. The van der Waals surface area contributed by atoms with E-state index in [2.05, 4.69) is 34.3 Å². The molecule has 0 bridgehead atoms.